The first kappa shape index (κ1) is 18.3. The molecule has 0 aliphatic carbocycles. The molecule has 1 aliphatic rings. The van der Waals surface area contributed by atoms with Crippen LogP contribution in [0.2, 0.25) is 5.02 Å². The number of hydrogen-bond donors (Lipinski definition) is 0. The van der Waals surface area contributed by atoms with Crippen LogP contribution in [0.1, 0.15) is 34.5 Å². The number of rotatable bonds is 4. The summed E-state index contributed by atoms with van der Waals surface area (Å²) in [5, 5.41) is 2.12. The molecule has 132 valence electrons. The van der Waals surface area contributed by atoms with Crippen LogP contribution in [0.15, 0.2) is 41.8 Å². The molecule has 0 N–H and O–H groups in total. The number of thiophene rings is 1. The average molecular weight is 396 g/mol. The highest BCUT2D eigenvalue weighted by molar-refractivity contribution is 7.99. The zero-order valence-corrected chi connectivity index (χ0v) is 16.2. The van der Waals surface area contributed by atoms with Gasteiger partial charge in [0.05, 0.1) is 11.0 Å². The molecule has 1 amide bonds. The Morgan fingerprint density at radius 3 is 2.64 bits per heavy atom. The van der Waals surface area contributed by atoms with E-state index in [4.69, 9.17) is 16.3 Å². The van der Waals surface area contributed by atoms with Crippen LogP contribution >= 0.6 is 34.7 Å². The van der Waals surface area contributed by atoms with Crippen LogP contribution in [0, 0.1) is 0 Å². The quantitative estimate of drug-likeness (QED) is 0.709. The molecule has 25 heavy (non-hydrogen) atoms. The molecule has 1 aromatic carbocycles. The van der Waals surface area contributed by atoms with Crippen LogP contribution in [0.3, 0.4) is 0 Å². The van der Waals surface area contributed by atoms with E-state index < -0.39 is 6.04 Å². The topological polar surface area (TPSA) is 46.6 Å². The minimum Gasteiger partial charge on any atom is -0.461 e. The number of carbonyl (C=O) groups excluding carboxylic acids is 2. The first-order chi connectivity index (χ1) is 12.0. The molecule has 0 radical (unpaired) electrons. The van der Waals surface area contributed by atoms with Gasteiger partial charge in [-0.15, -0.1) is 23.1 Å². The minimum absolute atomic E-state index is 0.171. The van der Waals surface area contributed by atoms with Crippen molar-refractivity contribution in [1.29, 1.82) is 0 Å². The zero-order chi connectivity index (χ0) is 18.0. The number of hydrogen-bond acceptors (Lipinski definition) is 5. The summed E-state index contributed by atoms with van der Waals surface area (Å²) in [7, 11) is 0. The van der Waals surface area contributed by atoms with Gasteiger partial charge in [-0.05, 0) is 31.4 Å². The number of thioether (sulfide) groups is 1. The first-order valence-corrected chi connectivity index (χ1v) is 10.2. The average Bonchev–Trinajstić information content (AvgIpc) is 3.24. The van der Waals surface area contributed by atoms with Crippen molar-refractivity contribution in [2.75, 3.05) is 5.75 Å². The standard InChI is InChI=1S/C18H18ClNO3S2/c1-11(2)23-18(22)14-10-25-17(12-6-3-4-7-13(12)19)20(14)16(21)15-8-5-9-24-15/h3-9,11,14,17H,10H2,1-2H3. The van der Waals surface area contributed by atoms with E-state index in [9.17, 15) is 9.59 Å². The molecule has 0 spiro atoms. The van der Waals surface area contributed by atoms with Gasteiger partial charge in [-0.25, -0.2) is 4.79 Å². The van der Waals surface area contributed by atoms with Crippen molar-refractivity contribution in [3.63, 3.8) is 0 Å². The SMILES string of the molecule is CC(C)OC(=O)C1CSC(c2ccccc2Cl)N1C(=O)c1cccs1. The van der Waals surface area contributed by atoms with Gasteiger partial charge in [-0.3, -0.25) is 4.79 Å². The molecule has 1 aromatic heterocycles. The van der Waals surface area contributed by atoms with Crippen molar-refractivity contribution in [3.05, 3.63) is 57.2 Å². The summed E-state index contributed by atoms with van der Waals surface area (Å²) in [4.78, 5) is 27.8. The van der Waals surface area contributed by atoms with E-state index in [0.717, 1.165) is 5.56 Å². The number of benzene rings is 1. The van der Waals surface area contributed by atoms with Gasteiger partial charge < -0.3 is 9.64 Å². The monoisotopic (exact) mass is 395 g/mol. The number of nitrogens with zero attached hydrogens (tertiary/aromatic N) is 1. The highest BCUT2D eigenvalue weighted by Crippen LogP contribution is 2.45. The van der Waals surface area contributed by atoms with Crippen molar-refractivity contribution in [1.82, 2.24) is 4.90 Å². The summed E-state index contributed by atoms with van der Waals surface area (Å²) in [5.74, 6) is -0.0592. The van der Waals surface area contributed by atoms with Crippen LogP contribution in [-0.2, 0) is 9.53 Å². The van der Waals surface area contributed by atoms with Crippen LogP contribution in [0.25, 0.3) is 0 Å². The molecule has 2 atom stereocenters. The molecule has 3 rings (SSSR count). The Bertz CT molecular complexity index is 763. The smallest absolute Gasteiger partial charge is 0.330 e. The van der Waals surface area contributed by atoms with E-state index >= 15 is 0 Å². The Hall–Kier alpha value is -1.50. The lowest BCUT2D eigenvalue weighted by Gasteiger charge is -2.29. The fourth-order valence-electron chi connectivity index (χ4n) is 2.69. The predicted molar refractivity (Wildman–Crippen MR) is 102 cm³/mol. The van der Waals surface area contributed by atoms with E-state index in [0.29, 0.717) is 15.7 Å². The molecule has 4 nitrogen and oxygen atoms in total. The second kappa shape index (κ2) is 7.81. The number of amides is 1. The van der Waals surface area contributed by atoms with Crippen molar-refractivity contribution >= 4 is 46.6 Å². The molecule has 0 saturated carbocycles. The number of halogens is 1. The molecular weight excluding hydrogens is 378 g/mol. The molecule has 1 fully saturated rings. The third kappa shape index (κ3) is 3.86. The normalized spacial score (nSPS) is 20.1. The van der Waals surface area contributed by atoms with Gasteiger partial charge in [0, 0.05) is 16.3 Å². The molecule has 1 saturated heterocycles. The molecule has 2 heterocycles. The third-order valence-corrected chi connectivity index (χ3v) is 6.27. The van der Waals surface area contributed by atoms with Crippen LogP contribution in [0.4, 0.5) is 0 Å². The van der Waals surface area contributed by atoms with Gasteiger partial charge in [-0.2, -0.15) is 0 Å². The third-order valence-electron chi connectivity index (χ3n) is 3.76. The summed E-state index contributed by atoms with van der Waals surface area (Å²) >= 11 is 9.24. The fraction of sp³-hybridized carbons (Fsp3) is 0.333. The van der Waals surface area contributed by atoms with Crippen molar-refractivity contribution in [3.8, 4) is 0 Å². The van der Waals surface area contributed by atoms with E-state index in [1.807, 2.05) is 29.6 Å². The maximum absolute atomic E-state index is 13.1. The summed E-state index contributed by atoms with van der Waals surface area (Å²) in [6, 6.07) is 10.4. The van der Waals surface area contributed by atoms with Gasteiger partial charge in [0.25, 0.3) is 5.91 Å². The molecule has 2 unspecified atom stereocenters. The van der Waals surface area contributed by atoms with Gasteiger partial charge in [0.2, 0.25) is 0 Å². The van der Waals surface area contributed by atoms with Crippen LogP contribution < -0.4 is 0 Å². The number of carbonyl (C=O) groups is 2. The minimum atomic E-state index is -0.622. The lowest BCUT2D eigenvalue weighted by molar-refractivity contribution is -0.151. The fourth-order valence-corrected chi connectivity index (χ4v) is 5.11. The van der Waals surface area contributed by atoms with E-state index in [1.54, 1.807) is 30.9 Å². The second-order valence-electron chi connectivity index (χ2n) is 5.90. The number of esters is 1. The lowest BCUT2D eigenvalue weighted by atomic mass is 10.1. The molecular formula is C18H18ClNO3S2. The van der Waals surface area contributed by atoms with Gasteiger partial charge >= 0.3 is 5.97 Å². The maximum Gasteiger partial charge on any atom is 0.330 e. The molecule has 0 bridgehead atoms. The molecule has 1 aliphatic heterocycles. The Morgan fingerprint density at radius 2 is 2.00 bits per heavy atom. The molecule has 7 heteroatoms. The summed E-state index contributed by atoms with van der Waals surface area (Å²) in [5.41, 5.74) is 0.832. The van der Waals surface area contributed by atoms with Crippen molar-refractivity contribution in [2.24, 2.45) is 0 Å². The predicted octanol–water partition coefficient (Wildman–Crippen LogP) is 4.61. The Morgan fingerprint density at radius 1 is 1.24 bits per heavy atom. The van der Waals surface area contributed by atoms with E-state index in [1.165, 1.54) is 23.1 Å². The Labute approximate surface area is 160 Å². The van der Waals surface area contributed by atoms with E-state index in [-0.39, 0.29) is 23.4 Å². The zero-order valence-electron chi connectivity index (χ0n) is 13.8. The summed E-state index contributed by atoms with van der Waals surface area (Å²) in [6.45, 7) is 3.61. The number of ether oxygens (including phenoxy) is 1. The first-order valence-electron chi connectivity index (χ1n) is 7.91. The van der Waals surface area contributed by atoms with Gasteiger partial charge in [0.1, 0.15) is 11.4 Å². The second-order valence-corrected chi connectivity index (χ2v) is 8.37. The largest absolute Gasteiger partial charge is 0.461 e. The summed E-state index contributed by atoms with van der Waals surface area (Å²) < 4.78 is 5.37. The Kier molecular flexibility index (Phi) is 5.71. The van der Waals surface area contributed by atoms with Crippen molar-refractivity contribution in [2.45, 2.75) is 31.4 Å². The lowest BCUT2D eigenvalue weighted by Crippen LogP contribution is -2.44. The molecule has 2 aromatic rings. The van der Waals surface area contributed by atoms with Crippen molar-refractivity contribution < 1.29 is 14.3 Å². The summed E-state index contributed by atoms with van der Waals surface area (Å²) in [6.07, 6.45) is -0.226. The van der Waals surface area contributed by atoms with Gasteiger partial charge in [-0.1, -0.05) is 35.9 Å². The highest BCUT2D eigenvalue weighted by Gasteiger charge is 2.44. The highest BCUT2D eigenvalue weighted by atomic mass is 35.5. The van der Waals surface area contributed by atoms with Crippen LogP contribution in [-0.4, -0.2) is 34.7 Å². The van der Waals surface area contributed by atoms with Gasteiger partial charge in [0.15, 0.2) is 0 Å². The Balaban J connectivity index is 1.97. The maximum atomic E-state index is 13.1. The van der Waals surface area contributed by atoms with E-state index in [2.05, 4.69) is 0 Å². The van der Waals surface area contributed by atoms with Crippen LogP contribution in [0.5, 0.6) is 0 Å².